The molecule has 3 nitrogen and oxygen atoms in total. The molecule has 1 aliphatic heterocycles. The largest absolute Gasteiger partial charge is 0.358 e. The van der Waals surface area contributed by atoms with Gasteiger partial charge in [-0.05, 0) is 37.1 Å². The number of rotatable bonds is 2. The molecule has 1 N–H and O–H groups in total. The van der Waals surface area contributed by atoms with E-state index in [9.17, 15) is 18.0 Å². The first kappa shape index (κ1) is 17.4. The summed E-state index contributed by atoms with van der Waals surface area (Å²) in [6, 6.07) is 9.75. The maximum Gasteiger partial charge on any atom is 0.257 e. The van der Waals surface area contributed by atoms with Crippen molar-refractivity contribution in [1.82, 2.24) is 9.88 Å². The third kappa shape index (κ3) is 2.91. The molecule has 0 aliphatic carbocycles. The Hall–Kier alpha value is -3.02. The second kappa shape index (κ2) is 6.61. The van der Waals surface area contributed by atoms with Gasteiger partial charge in [-0.15, -0.1) is 0 Å². The van der Waals surface area contributed by atoms with E-state index in [0.717, 1.165) is 39.9 Å². The number of nitrogens with zero attached hydrogens (tertiary/aromatic N) is 1. The molecule has 0 saturated heterocycles. The Labute approximate surface area is 154 Å². The molecule has 2 heterocycles. The summed E-state index contributed by atoms with van der Waals surface area (Å²) in [7, 11) is 0. The predicted octanol–water partition coefficient (Wildman–Crippen LogP) is 4.82. The molecule has 0 unspecified atom stereocenters. The van der Waals surface area contributed by atoms with Crippen LogP contribution < -0.4 is 0 Å². The monoisotopic (exact) mass is 370 g/mol. The van der Waals surface area contributed by atoms with Crippen molar-refractivity contribution in [2.45, 2.75) is 13.3 Å². The van der Waals surface area contributed by atoms with Crippen molar-refractivity contribution in [2.75, 3.05) is 13.1 Å². The van der Waals surface area contributed by atoms with Gasteiger partial charge in [-0.2, -0.15) is 0 Å². The maximum absolute atomic E-state index is 13.9. The number of hydrogen-bond donors (Lipinski definition) is 1. The van der Waals surface area contributed by atoms with Crippen LogP contribution in [0.2, 0.25) is 0 Å². The number of aromatic nitrogens is 1. The van der Waals surface area contributed by atoms with Crippen LogP contribution in [0.4, 0.5) is 13.2 Å². The molecule has 3 aromatic rings. The summed E-state index contributed by atoms with van der Waals surface area (Å²) in [6.45, 7) is 2.66. The van der Waals surface area contributed by atoms with E-state index in [-0.39, 0.29) is 6.54 Å². The molecule has 27 heavy (non-hydrogen) atoms. The molecule has 6 heteroatoms. The number of amides is 1. The smallest absolute Gasteiger partial charge is 0.257 e. The number of para-hydroxylation sites is 1. The van der Waals surface area contributed by atoms with Crippen LogP contribution in [0.3, 0.4) is 0 Å². The summed E-state index contributed by atoms with van der Waals surface area (Å²) in [5, 5.41) is 1.12. The number of nitrogens with one attached hydrogen (secondary N) is 1. The molecule has 1 aromatic heterocycles. The van der Waals surface area contributed by atoms with E-state index in [0.29, 0.717) is 13.0 Å². The summed E-state index contributed by atoms with van der Waals surface area (Å²) in [4.78, 5) is 17.3. The molecule has 0 bridgehead atoms. The van der Waals surface area contributed by atoms with E-state index in [1.807, 2.05) is 37.3 Å². The third-order valence-electron chi connectivity index (χ3n) is 4.98. The second-order valence-corrected chi connectivity index (χ2v) is 6.62. The molecule has 1 aliphatic rings. The molecular weight excluding hydrogens is 353 g/mol. The first-order valence-corrected chi connectivity index (χ1v) is 8.67. The summed E-state index contributed by atoms with van der Waals surface area (Å²) in [6.07, 6.45) is 2.53. The molecule has 0 radical (unpaired) electrons. The highest BCUT2D eigenvalue weighted by molar-refractivity contribution is 5.97. The molecule has 138 valence electrons. The lowest BCUT2D eigenvalue weighted by molar-refractivity contribution is 0.0767. The molecule has 4 rings (SSSR count). The predicted molar refractivity (Wildman–Crippen MR) is 97.8 cm³/mol. The Bertz CT molecular complexity index is 1080. The van der Waals surface area contributed by atoms with Crippen LogP contribution in [0.15, 0.2) is 42.5 Å². The van der Waals surface area contributed by atoms with Crippen LogP contribution in [0.1, 0.15) is 28.0 Å². The van der Waals surface area contributed by atoms with Gasteiger partial charge in [-0.3, -0.25) is 4.79 Å². The molecule has 0 fully saturated rings. The van der Waals surface area contributed by atoms with Crippen LogP contribution in [-0.2, 0) is 0 Å². The quantitative estimate of drug-likeness (QED) is 0.645. The van der Waals surface area contributed by atoms with E-state index in [4.69, 9.17) is 0 Å². The number of halogens is 3. The molecule has 0 spiro atoms. The Morgan fingerprint density at radius 3 is 2.59 bits per heavy atom. The summed E-state index contributed by atoms with van der Waals surface area (Å²) < 4.78 is 40.4. The first-order valence-electron chi connectivity index (χ1n) is 8.67. The van der Waals surface area contributed by atoms with Crippen molar-refractivity contribution >= 4 is 22.4 Å². The van der Waals surface area contributed by atoms with E-state index >= 15 is 0 Å². The van der Waals surface area contributed by atoms with Gasteiger partial charge < -0.3 is 9.88 Å². The fraction of sp³-hybridized carbons (Fsp3) is 0.190. The third-order valence-corrected chi connectivity index (χ3v) is 4.98. The van der Waals surface area contributed by atoms with Crippen molar-refractivity contribution in [3.8, 4) is 0 Å². The number of carbonyl (C=O) groups is 1. The number of aryl methyl sites for hydroxylation is 1. The SMILES string of the molecule is Cc1[nH]c2ccccc2c1C1=CCN(C(=O)c2ccc(F)c(F)c2F)CC1. The van der Waals surface area contributed by atoms with Gasteiger partial charge in [0.25, 0.3) is 5.91 Å². The fourth-order valence-corrected chi connectivity index (χ4v) is 3.63. The fourth-order valence-electron chi connectivity index (χ4n) is 3.63. The van der Waals surface area contributed by atoms with Gasteiger partial charge in [-0.25, -0.2) is 13.2 Å². The average molecular weight is 370 g/mol. The van der Waals surface area contributed by atoms with Gasteiger partial charge in [0.1, 0.15) is 0 Å². The van der Waals surface area contributed by atoms with E-state index in [1.165, 1.54) is 4.90 Å². The van der Waals surface area contributed by atoms with Crippen LogP contribution in [-0.4, -0.2) is 28.9 Å². The van der Waals surface area contributed by atoms with Gasteiger partial charge >= 0.3 is 0 Å². The minimum absolute atomic E-state index is 0.283. The number of aromatic amines is 1. The Kier molecular flexibility index (Phi) is 4.26. The number of fused-ring (bicyclic) bond motifs is 1. The normalized spacial score (nSPS) is 14.5. The summed E-state index contributed by atoms with van der Waals surface area (Å²) in [5.41, 5.74) is 3.88. The Morgan fingerprint density at radius 1 is 1.07 bits per heavy atom. The van der Waals surface area contributed by atoms with Crippen LogP contribution in [0.25, 0.3) is 16.5 Å². The molecule has 2 aromatic carbocycles. The van der Waals surface area contributed by atoms with Crippen LogP contribution >= 0.6 is 0 Å². The van der Waals surface area contributed by atoms with Gasteiger partial charge in [0.15, 0.2) is 17.5 Å². The van der Waals surface area contributed by atoms with Gasteiger partial charge in [0.2, 0.25) is 0 Å². The van der Waals surface area contributed by atoms with Crippen molar-refractivity contribution in [3.63, 3.8) is 0 Å². The molecular formula is C21H17F3N2O. The summed E-state index contributed by atoms with van der Waals surface area (Å²) >= 11 is 0. The molecule has 0 atom stereocenters. The zero-order valence-corrected chi connectivity index (χ0v) is 14.7. The zero-order chi connectivity index (χ0) is 19.1. The minimum Gasteiger partial charge on any atom is -0.358 e. The van der Waals surface area contributed by atoms with Crippen molar-refractivity contribution in [2.24, 2.45) is 0 Å². The Balaban J connectivity index is 1.61. The van der Waals surface area contributed by atoms with Gasteiger partial charge in [0, 0.05) is 35.2 Å². The zero-order valence-electron chi connectivity index (χ0n) is 14.7. The Morgan fingerprint density at radius 2 is 1.85 bits per heavy atom. The summed E-state index contributed by atoms with van der Waals surface area (Å²) in [5.74, 6) is -5.01. The van der Waals surface area contributed by atoms with E-state index < -0.39 is 28.9 Å². The minimum atomic E-state index is -1.62. The van der Waals surface area contributed by atoms with Gasteiger partial charge in [-0.1, -0.05) is 24.3 Å². The lowest BCUT2D eigenvalue weighted by Gasteiger charge is -2.27. The maximum atomic E-state index is 13.9. The molecule has 1 amide bonds. The lowest BCUT2D eigenvalue weighted by Crippen LogP contribution is -2.35. The van der Waals surface area contributed by atoms with Crippen LogP contribution in [0.5, 0.6) is 0 Å². The number of benzene rings is 2. The second-order valence-electron chi connectivity index (χ2n) is 6.62. The highest BCUT2D eigenvalue weighted by Gasteiger charge is 2.25. The van der Waals surface area contributed by atoms with Crippen molar-refractivity contribution in [1.29, 1.82) is 0 Å². The number of carbonyl (C=O) groups excluding carboxylic acids is 1. The first-order chi connectivity index (χ1) is 13.0. The van der Waals surface area contributed by atoms with Crippen LogP contribution in [0, 0.1) is 24.4 Å². The van der Waals surface area contributed by atoms with Crippen molar-refractivity contribution in [3.05, 3.63) is 76.7 Å². The topological polar surface area (TPSA) is 36.1 Å². The highest BCUT2D eigenvalue weighted by Crippen LogP contribution is 2.32. The van der Waals surface area contributed by atoms with E-state index in [1.54, 1.807) is 0 Å². The number of H-pyrrole nitrogens is 1. The standard InChI is InChI=1S/C21H17F3N2O/c1-12-18(14-4-2-3-5-17(14)25-12)13-8-10-26(11-9-13)21(27)15-6-7-16(22)20(24)19(15)23/h2-8,25H,9-11H2,1H3. The highest BCUT2D eigenvalue weighted by atomic mass is 19.2. The number of hydrogen-bond acceptors (Lipinski definition) is 1. The van der Waals surface area contributed by atoms with Crippen molar-refractivity contribution < 1.29 is 18.0 Å². The van der Waals surface area contributed by atoms with Gasteiger partial charge in [0.05, 0.1) is 5.56 Å². The lowest BCUT2D eigenvalue weighted by atomic mass is 9.96. The average Bonchev–Trinajstić information content (AvgIpc) is 3.01. The molecule has 0 saturated carbocycles. The van der Waals surface area contributed by atoms with E-state index in [2.05, 4.69) is 4.98 Å².